The van der Waals surface area contributed by atoms with Crippen LogP contribution in [-0.4, -0.2) is 30.1 Å². The zero-order chi connectivity index (χ0) is 22.4. The van der Waals surface area contributed by atoms with Crippen molar-refractivity contribution in [3.63, 3.8) is 0 Å². The van der Waals surface area contributed by atoms with Crippen LogP contribution < -0.4 is 10.2 Å². The monoisotopic (exact) mass is 440 g/mol. The SMILES string of the molecule is CCOC(=O)CCC(=O)Nc1cccc(C2SCC(=O)N2c2ccc(C(C)C)cc2)c1. The number of thioether (sulfide) groups is 1. The van der Waals surface area contributed by atoms with Gasteiger partial charge in [-0.05, 0) is 48.2 Å². The van der Waals surface area contributed by atoms with Crippen molar-refractivity contribution in [3.8, 4) is 0 Å². The first-order valence-electron chi connectivity index (χ1n) is 10.5. The minimum atomic E-state index is -0.383. The van der Waals surface area contributed by atoms with Gasteiger partial charge in [0.15, 0.2) is 0 Å². The molecular weight excluding hydrogens is 412 g/mol. The van der Waals surface area contributed by atoms with Gasteiger partial charge in [0.05, 0.1) is 18.8 Å². The molecule has 3 rings (SSSR count). The van der Waals surface area contributed by atoms with E-state index in [0.717, 1.165) is 11.3 Å². The van der Waals surface area contributed by atoms with Crippen molar-refractivity contribution >= 4 is 40.9 Å². The molecule has 0 aliphatic carbocycles. The number of ether oxygens (including phenoxy) is 1. The summed E-state index contributed by atoms with van der Waals surface area (Å²) in [5.74, 6) is 0.272. The van der Waals surface area contributed by atoms with E-state index in [9.17, 15) is 14.4 Å². The zero-order valence-corrected chi connectivity index (χ0v) is 18.9. The lowest BCUT2D eigenvalue weighted by Crippen LogP contribution is -2.27. The number of hydrogen-bond donors (Lipinski definition) is 1. The molecule has 1 unspecified atom stereocenters. The van der Waals surface area contributed by atoms with E-state index in [1.165, 1.54) is 5.56 Å². The third-order valence-corrected chi connectivity index (χ3v) is 6.24. The molecule has 1 fully saturated rings. The van der Waals surface area contributed by atoms with E-state index in [0.29, 0.717) is 24.0 Å². The van der Waals surface area contributed by atoms with Crippen molar-refractivity contribution in [2.24, 2.45) is 0 Å². The Morgan fingerprint density at radius 3 is 2.58 bits per heavy atom. The second kappa shape index (κ2) is 10.5. The fourth-order valence-electron chi connectivity index (χ4n) is 3.41. The Morgan fingerprint density at radius 2 is 1.90 bits per heavy atom. The van der Waals surface area contributed by atoms with Gasteiger partial charge >= 0.3 is 5.97 Å². The molecular formula is C24H28N2O4S. The van der Waals surface area contributed by atoms with Crippen molar-refractivity contribution in [1.82, 2.24) is 0 Å². The molecule has 0 spiro atoms. The smallest absolute Gasteiger partial charge is 0.306 e. The molecule has 1 saturated heterocycles. The maximum atomic E-state index is 12.6. The molecule has 1 atom stereocenters. The number of hydrogen-bond acceptors (Lipinski definition) is 5. The maximum Gasteiger partial charge on any atom is 0.306 e. The molecule has 0 saturated carbocycles. The Morgan fingerprint density at radius 1 is 1.16 bits per heavy atom. The van der Waals surface area contributed by atoms with Gasteiger partial charge in [0.1, 0.15) is 5.37 Å². The molecule has 0 aromatic heterocycles. The van der Waals surface area contributed by atoms with Gasteiger partial charge in [-0.25, -0.2) is 0 Å². The average Bonchev–Trinajstić information content (AvgIpc) is 3.14. The van der Waals surface area contributed by atoms with Gasteiger partial charge in [0, 0.05) is 17.8 Å². The number of esters is 1. The highest BCUT2D eigenvalue weighted by Gasteiger charge is 2.34. The van der Waals surface area contributed by atoms with Gasteiger partial charge in [-0.1, -0.05) is 38.1 Å². The molecule has 0 bridgehead atoms. The molecule has 7 heteroatoms. The van der Waals surface area contributed by atoms with Crippen LogP contribution in [0.5, 0.6) is 0 Å². The van der Waals surface area contributed by atoms with Crippen molar-refractivity contribution in [1.29, 1.82) is 0 Å². The summed E-state index contributed by atoms with van der Waals surface area (Å²) in [6.45, 7) is 6.32. The van der Waals surface area contributed by atoms with E-state index < -0.39 is 0 Å². The molecule has 31 heavy (non-hydrogen) atoms. The Labute approximate surface area is 187 Å². The lowest BCUT2D eigenvalue weighted by molar-refractivity contribution is -0.144. The summed E-state index contributed by atoms with van der Waals surface area (Å²) in [5, 5.41) is 2.67. The number of carbonyl (C=O) groups excluding carboxylic acids is 3. The number of nitrogens with one attached hydrogen (secondary N) is 1. The second-order valence-electron chi connectivity index (χ2n) is 7.65. The molecule has 1 heterocycles. The van der Waals surface area contributed by atoms with E-state index >= 15 is 0 Å². The standard InChI is InChI=1S/C24H28N2O4S/c1-4-30-23(29)13-12-21(27)25-19-7-5-6-18(14-19)24-26(22(28)15-31-24)20-10-8-17(9-11-20)16(2)3/h5-11,14,16,24H,4,12-13,15H2,1-3H3,(H,25,27). The average molecular weight is 441 g/mol. The minimum Gasteiger partial charge on any atom is -0.466 e. The number of nitrogens with zero attached hydrogens (tertiary/aromatic N) is 1. The lowest BCUT2D eigenvalue weighted by atomic mass is 10.0. The zero-order valence-electron chi connectivity index (χ0n) is 18.1. The van der Waals surface area contributed by atoms with Gasteiger partial charge in [0.2, 0.25) is 11.8 Å². The molecule has 1 aliphatic rings. The lowest BCUT2D eigenvalue weighted by Gasteiger charge is -2.25. The van der Waals surface area contributed by atoms with E-state index in [1.807, 2.05) is 35.2 Å². The number of carbonyl (C=O) groups is 3. The molecule has 1 aliphatic heterocycles. The fourth-order valence-corrected chi connectivity index (χ4v) is 4.58. The highest BCUT2D eigenvalue weighted by Crippen LogP contribution is 2.42. The van der Waals surface area contributed by atoms with Gasteiger partial charge in [-0.15, -0.1) is 11.8 Å². The van der Waals surface area contributed by atoms with Crippen LogP contribution in [0.1, 0.15) is 56.0 Å². The second-order valence-corrected chi connectivity index (χ2v) is 8.72. The predicted molar refractivity (Wildman–Crippen MR) is 124 cm³/mol. The van der Waals surface area contributed by atoms with Gasteiger partial charge in [0.25, 0.3) is 0 Å². The molecule has 6 nitrogen and oxygen atoms in total. The molecule has 2 aromatic rings. The summed E-state index contributed by atoms with van der Waals surface area (Å²) in [4.78, 5) is 38.1. The molecule has 1 N–H and O–H groups in total. The van der Waals surface area contributed by atoms with Gasteiger partial charge < -0.3 is 10.1 Å². The highest BCUT2D eigenvalue weighted by atomic mass is 32.2. The van der Waals surface area contributed by atoms with E-state index in [1.54, 1.807) is 24.8 Å². The molecule has 0 radical (unpaired) electrons. The topological polar surface area (TPSA) is 75.7 Å². The van der Waals surface area contributed by atoms with Crippen LogP contribution in [0.2, 0.25) is 0 Å². The predicted octanol–water partition coefficient (Wildman–Crippen LogP) is 4.87. The normalized spacial score (nSPS) is 15.9. The first-order chi connectivity index (χ1) is 14.9. The van der Waals surface area contributed by atoms with Crippen LogP contribution in [0.4, 0.5) is 11.4 Å². The van der Waals surface area contributed by atoms with Gasteiger partial charge in [-0.3, -0.25) is 19.3 Å². The molecule has 2 amide bonds. The maximum absolute atomic E-state index is 12.6. The van der Waals surface area contributed by atoms with E-state index in [-0.39, 0.29) is 36.0 Å². The highest BCUT2D eigenvalue weighted by molar-refractivity contribution is 8.00. The summed E-state index contributed by atoms with van der Waals surface area (Å²) in [6.07, 6.45) is 0.112. The minimum absolute atomic E-state index is 0.0481. The van der Waals surface area contributed by atoms with Crippen LogP contribution in [-0.2, 0) is 19.1 Å². The third kappa shape index (κ3) is 5.88. The largest absolute Gasteiger partial charge is 0.466 e. The van der Waals surface area contributed by atoms with Crippen LogP contribution in [0, 0.1) is 0 Å². The molecule has 164 valence electrons. The summed E-state index contributed by atoms with van der Waals surface area (Å²) in [6, 6.07) is 15.6. The Bertz CT molecular complexity index is 943. The van der Waals surface area contributed by atoms with Crippen LogP contribution >= 0.6 is 11.8 Å². The summed E-state index contributed by atoms with van der Waals surface area (Å²) in [5.41, 5.74) is 3.67. The third-order valence-electron chi connectivity index (χ3n) is 5.02. The summed E-state index contributed by atoms with van der Waals surface area (Å²) >= 11 is 1.57. The van der Waals surface area contributed by atoms with Crippen molar-refractivity contribution in [3.05, 3.63) is 59.7 Å². The number of anilines is 2. The fraction of sp³-hybridized carbons (Fsp3) is 0.375. The van der Waals surface area contributed by atoms with Crippen molar-refractivity contribution < 1.29 is 19.1 Å². The quantitative estimate of drug-likeness (QED) is 0.593. The Kier molecular flexibility index (Phi) is 7.74. The van der Waals surface area contributed by atoms with E-state index in [2.05, 4.69) is 31.3 Å². The number of benzene rings is 2. The first kappa shape index (κ1) is 22.9. The van der Waals surface area contributed by atoms with Crippen LogP contribution in [0.15, 0.2) is 48.5 Å². The Hall–Kier alpha value is -2.80. The van der Waals surface area contributed by atoms with Crippen molar-refractivity contribution in [2.75, 3.05) is 22.6 Å². The summed E-state index contributed by atoms with van der Waals surface area (Å²) < 4.78 is 4.85. The van der Waals surface area contributed by atoms with Crippen LogP contribution in [0.3, 0.4) is 0 Å². The number of rotatable bonds is 8. The van der Waals surface area contributed by atoms with Gasteiger partial charge in [-0.2, -0.15) is 0 Å². The molecule has 2 aromatic carbocycles. The Balaban J connectivity index is 1.72. The van der Waals surface area contributed by atoms with Crippen LogP contribution in [0.25, 0.3) is 0 Å². The van der Waals surface area contributed by atoms with Crippen molar-refractivity contribution in [2.45, 2.75) is 44.9 Å². The number of amides is 2. The summed E-state index contributed by atoms with van der Waals surface area (Å²) in [7, 11) is 0. The van der Waals surface area contributed by atoms with E-state index in [4.69, 9.17) is 4.74 Å². The first-order valence-corrected chi connectivity index (χ1v) is 11.5.